The average Bonchev–Trinajstić information content (AvgIpc) is 2.46. The summed E-state index contributed by atoms with van der Waals surface area (Å²) in [6.45, 7) is 2.90. The Morgan fingerprint density at radius 3 is 2.79 bits per heavy atom. The van der Waals surface area contributed by atoms with E-state index in [0.29, 0.717) is 11.6 Å². The van der Waals surface area contributed by atoms with Gasteiger partial charge in [-0.05, 0) is 37.8 Å². The van der Waals surface area contributed by atoms with E-state index >= 15 is 0 Å². The van der Waals surface area contributed by atoms with Crippen molar-refractivity contribution in [3.05, 3.63) is 29.6 Å². The molecule has 2 amide bonds. The van der Waals surface area contributed by atoms with Gasteiger partial charge in [0, 0.05) is 18.8 Å². The van der Waals surface area contributed by atoms with E-state index in [-0.39, 0.29) is 11.6 Å². The standard InChI is InChI=1S/C14H19N3O2/c1-2-11-5-3-4-8-17(11)14(19)10-6-7-12(13(15)18)16-9-10/h6-7,9,11H,2-5,8H2,1H3,(H2,15,18). The summed E-state index contributed by atoms with van der Waals surface area (Å²) in [5, 5.41) is 0. The Labute approximate surface area is 112 Å². The maximum atomic E-state index is 12.4. The van der Waals surface area contributed by atoms with E-state index in [4.69, 9.17) is 5.73 Å². The summed E-state index contributed by atoms with van der Waals surface area (Å²) in [6, 6.07) is 3.44. The minimum atomic E-state index is -0.580. The number of nitrogens with two attached hydrogens (primary N) is 1. The van der Waals surface area contributed by atoms with E-state index < -0.39 is 5.91 Å². The fourth-order valence-corrected chi connectivity index (χ4v) is 2.52. The molecule has 1 aliphatic rings. The lowest BCUT2D eigenvalue weighted by Gasteiger charge is -2.35. The molecule has 1 aromatic heterocycles. The maximum Gasteiger partial charge on any atom is 0.267 e. The Balaban J connectivity index is 2.16. The van der Waals surface area contributed by atoms with Crippen molar-refractivity contribution in [3.8, 4) is 0 Å². The van der Waals surface area contributed by atoms with Crippen LogP contribution in [0.4, 0.5) is 0 Å². The maximum absolute atomic E-state index is 12.4. The molecule has 0 aliphatic carbocycles. The van der Waals surface area contributed by atoms with Crippen LogP contribution in [-0.2, 0) is 0 Å². The molecular weight excluding hydrogens is 242 g/mol. The number of pyridine rings is 1. The quantitative estimate of drug-likeness (QED) is 0.897. The second-order valence-electron chi connectivity index (χ2n) is 4.85. The molecule has 1 saturated heterocycles. The van der Waals surface area contributed by atoms with Gasteiger partial charge in [-0.3, -0.25) is 14.6 Å². The third kappa shape index (κ3) is 2.92. The number of piperidine rings is 1. The van der Waals surface area contributed by atoms with Crippen molar-refractivity contribution in [2.24, 2.45) is 5.73 Å². The minimum absolute atomic E-state index is 0.00456. The summed E-state index contributed by atoms with van der Waals surface area (Å²) in [5.74, 6) is -0.585. The first-order valence-corrected chi connectivity index (χ1v) is 6.70. The second-order valence-corrected chi connectivity index (χ2v) is 4.85. The summed E-state index contributed by atoms with van der Waals surface area (Å²) in [5.41, 5.74) is 5.83. The highest BCUT2D eigenvalue weighted by Crippen LogP contribution is 2.21. The predicted octanol–water partition coefficient (Wildman–Crippen LogP) is 1.59. The highest BCUT2D eigenvalue weighted by Gasteiger charge is 2.26. The summed E-state index contributed by atoms with van der Waals surface area (Å²) in [7, 11) is 0. The van der Waals surface area contributed by atoms with Crippen molar-refractivity contribution < 1.29 is 9.59 Å². The Morgan fingerprint density at radius 1 is 1.42 bits per heavy atom. The molecular formula is C14H19N3O2. The molecule has 2 heterocycles. The van der Waals surface area contributed by atoms with Crippen LogP contribution in [0.15, 0.2) is 18.3 Å². The number of carbonyl (C=O) groups is 2. The lowest BCUT2D eigenvalue weighted by Crippen LogP contribution is -2.43. The number of primary amides is 1. The molecule has 0 bridgehead atoms. The third-order valence-electron chi connectivity index (χ3n) is 3.62. The van der Waals surface area contributed by atoms with Gasteiger partial charge >= 0.3 is 0 Å². The molecule has 0 radical (unpaired) electrons. The van der Waals surface area contributed by atoms with Gasteiger partial charge in [0.2, 0.25) is 0 Å². The zero-order valence-corrected chi connectivity index (χ0v) is 11.1. The van der Waals surface area contributed by atoms with Gasteiger partial charge in [0.25, 0.3) is 11.8 Å². The van der Waals surface area contributed by atoms with Crippen LogP contribution in [0.3, 0.4) is 0 Å². The predicted molar refractivity (Wildman–Crippen MR) is 71.7 cm³/mol. The summed E-state index contributed by atoms with van der Waals surface area (Å²) < 4.78 is 0. The number of aromatic nitrogens is 1. The van der Waals surface area contributed by atoms with Gasteiger partial charge in [-0.15, -0.1) is 0 Å². The molecule has 1 fully saturated rings. The zero-order chi connectivity index (χ0) is 13.8. The van der Waals surface area contributed by atoms with E-state index in [1.54, 1.807) is 6.07 Å². The van der Waals surface area contributed by atoms with Crippen LogP contribution >= 0.6 is 0 Å². The average molecular weight is 261 g/mol. The minimum Gasteiger partial charge on any atom is -0.364 e. The van der Waals surface area contributed by atoms with Crippen LogP contribution in [0, 0.1) is 0 Å². The smallest absolute Gasteiger partial charge is 0.267 e. The largest absolute Gasteiger partial charge is 0.364 e. The number of amides is 2. The SMILES string of the molecule is CCC1CCCCN1C(=O)c1ccc(C(N)=O)nc1. The Morgan fingerprint density at radius 2 is 2.21 bits per heavy atom. The Bertz CT molecular complexity index is 470. The fourth-order valence-electron chi connectivity index (χ4n) is 2.52. The van der Waals surface area contributed by atoms with Crippen molar-refractivity contribution >= 4 is 11.8 Å². The highest BCUT2D eigenvalue weighted by atomic mass is 16.2. The highest BCUT2D eigenvalue weighted by molar-refractivity contribution is 5.96. The van der Waals surface area contributed by atoms with Crippen LogP contribution in [0.2, 0.25) is 0 Å². The Kier molecular flexibility index (Phi) is 4.14. The summed E-state index contributed by atoms with van der Waals surface area (Å²) in [4.78, 5) is 29.2. The van der Waals surface area contributed by atoms with Crippen molar-refractivity contribution in [2.75, 3.05) is 6.54 Å². The van der Waals surface area contributed by atoms with Crippen molar-refractivity contribution in [2.45, 2.75) is 38.6 Å². The van der Waals surface area contributed by atoms with E-state index in [0.717, 1.165) is 25.8 Å². The molecule has 0 aromatic carbocycles. The fraction of sp³-hybridized carbons (Fsp3) is 0.500. The number of carbonyl (C=O) groups excluding carboxylic acids is 2. The molecule has 0 spiro atoms. The summed E-state index contributed by atoms with van der Waals surface area (Å²) >= 11 is 0. The monoisotopic (exact) mass is 261 g/mol. The summed E-state index contributed by atoms with van der Waals surface area (Å²) in [6.07, 6.45) is 5.70. The van der Waals surface area contributed by atoms with E-state index in [9.17, 15) is 9.59 Å². The van der Waals surface area contributed by atoms with Gasteiger partial charge in [-0.2, -0.15) is 0 Å². The lowest BCUT2D eigenvalue weighted by molar-refractivity contribution is 0.0607. The van der Waals surface area contributed by atoms with Gasteiger partial charge in [0.15, 0.2) is 0 Å². The van der Waals surface area contributed by atoms with Gasteiger partial charge in [0.1, 0.15) is 5.69 Å². The second kappa shape index (κ2) is 5.82. The van der Waals surface area contributed by atoms with Gasteiger partial charge < -0.3 is 10.6 Å². The molecule has 2 N–H and O–H groups in total. The van der Waals surface area contributed by atoms with Crippen LogP contribution in [-0.4, -0.2) is 34.3 Å². The van der Waals surface area contributed by atoms with Gasteiger partial charge in [-0.1, -0.05) is 6.92 Å². The number of likely N-dealkylation sites (tertiary alicyclic amines) is 1. The van der Waals surface area contributed by atoms with Crippen LogP contribution < -0.4 is 5.73 Å². The topological polar surface area (TPSA) is 76.3 Å². The molecule has 5 heteroatoms. The van der Waals surface area contributed by atoms with Crippen LogP contribution in [0.25, 0.3) is 0 Å². The molecule has 2 rings (SSSR count). The van der Waals surface area contributed by atoms with Crippen molar-refractivity contribution in [1.82, 2.24) is 9.88 Å². The zero-order valence-electron chi connectivity index (χ0n) is 11.1. The Hall–Kier alpha value is -1.91. The third-order valence-corrected chi connectivity index (χ3v) is 3.62. The molecule has 1 aromatic rings. The number of nitrogens with zero attached hydrogens (tertiary/aromatic N) is 2. The van der Waals surface area contributed by atoms with E-state index in [1.807, 2.05) is 4.90 Å². The van der Waals surface area contributed by atoms with Crippen LogP contribution in [0.5, 0.6) is 0 Å². The van der Waals surface area contributed by atoms with E-state index in [1.165, 1.54) is 18.7 Å². The van der Waals surface area contributed by atoms with Crippen molar-refractivity contribution in [1.29, 1.82) is 0 Å². The normalized spacial score (nSPS) is 19.2. The number of rotatable bonds is 3. The lowest BCUT2D eigenvalue weighted by atomic mass is 9.99. The number of hydrogen-bond acceptors (Lipinski definition) is 3. The molecule has 1 unspecified atom stereocenters. The molecule has 1 atom stereocenters. The molecule has 1 aliphatic heterocycles. The molecule has 5 nitrogen and oxygen atoms in total. The first-order chi connectivity index (χ1) is 9.13. The van der Waals surface area contributed by atoms with Crippen LogP contribution in [0.1, 0.15) is 53.5 Å². The molecule has 102 valence electrons. The van der Waals surface area contributed by atoms with Gasteiger partial charge in [-0.25, -0.2) is 0 Å². The first kappa shape index (κ1) is 13.5. The number of hydrogen-bond donors (Lipinski definition) is 1. The molecule has 19 heavy (non-hydrogen) atoms. The van der Waals surface area contributed by atoms with E-state index in [2.05, 4.69) is 11.9 Å². The van der Waals surface area contributed by atoms with Crippen molar-refractivity contribution in [3.63, 3.8) is 0 Å². The molecule has 0 saturated carbocycles. The first-order valence-electron chi connectivity index (χ1n) is 6.70. The van der Waals surface area contributed by atoms with Gasteiger partial charge in [0.05, 0.1) is 5.56 Å².